The Kier molecular flexibility index (Phi) is 6.71. The van der Waals surface area contributed by atoms with Gasteiger partial charge in [-0.1, -0.05) is 18.2 Å². The first-order valence-corrected chi connectivity index (χ1v) is 8.62. The summed E-state index contributed by atoms with van der Waals surface area (Å²) in [5.41, 5.74) is 1.33. The van der Waals surface area contributed by atoms with Crippen LogP contribution >= 0.6 is 11.3 Å². The number of carbonyl (C=O) groups is 3. The summed E-state index contributed by atoms with van der Waals surface area (Å²) in [5.74, 6) is -0.738. The van der Waals surface area contributed by atoms with E-state index in [1.54, 1.807) is 24.3 Å². The van der Waals surface area contributed by atoms with E-state index in [-0.39, 0.29) is 24.3 Å². The summed E-state index contributed by atoms with van der Waals surface area (Å²) in [6, 6.07) is 10.3. The number of ether oxygens (including phenoxy) is 1. The van der Waals surface area contributed by atoms with Gasteiger partial charge in [0.1, 0.15) is 0 Å². The largest absolute Gasteiger partial charge is 0.465 e. The van der Waals surface area contributed by atoms with Gasteiger partial charge < -0.3 is 15.4 Å². The first kappa shape index (κ1) is 18.7. The second-order valence-electron chi connectivity index (χ2n) is 5.44. The second kappa shape index (κ2) is 8.98. The van der Waals surface area contributed by atoms with Crippen molar-refractivity contribution in [1.29, 1.82) is 0 Å². The maximum absolute atomic E-state index is 12.2. The quantitative estimate of drug-likeness (QED) is 0.743. The molecule has 0 aliphatic heterocycles. The topological polar surface area (TPSA) is 84.5 Å². The normalized spacial score (nSPS) is 11.4. The zero-order valence-electron chi connectivity index (χ0n) is 14.1. The highest BCUT2D eigenvalue weighted by Gasteiger charge is 2.17. The minimum absolute atomic E-state index is 0.163. The van der Waals surface area contributed by atoms with E-state index in [4.69, 9.17) is 0 Å². The second-order valence-corrected chi connectivity index (χ2v) is 6.42. The number of benzene rings is 1. The van der Waals surface area contributed by atoms with Gasteiger partial charge in [0.15, 0.2) is 0 Å². The molecule has 0 aliphatic rings. The van der Waals surface area contributed by atoms with Crippen molar-refractivity contribution >= 4 is 29.1 Å². The summed E-state index contributed by atoms with van der Waals surface area (Å²) < 4.78 is 4.64. The molecule has 0 fully saturated rings. The van der Waals surface area contributed by atoms with Crippen LogP contribution in [0.15, 0.2) is 41.8 Å². The zero-order chi connectivity index (χ0) is 18.2. The predicted molar refractivity (Wildman–Crippen MR) is 95.1 cm³/mol. The number of methoxy groups -OCH3 is 1. The van der Waals surface area contributed by atoms with Crippen molar-refractivity contribution < 1.29 is 19.1 Å². The van der Waals surface area contributed by atoms with Gasteiger partial charge in [0.05, 0.1) is 25.1 Å². The monoisotopic (exact) mass is 360 g/mol. The maximum Gasteiger partial charge on any atom is 0.337 e. The molecule has 0 radical (unpaired) electrons. The lowest BCUT2D eigenvalue weighted by atomic mass is 10.1. The first-order valence-electron chi connectivity index (χ1n) is 7.74. The molecule has 2 amide bonds. The lowest BCUT2D eigenvalue weighted by molar-refractivity contribution is -0.122. The molecule has 1 aromatic heterocycles. The Morgan fingerprint density at radius 2 is 1.88 bits per heavy atom. The average Bonchev–Trinajstić information content (AvgIpc) is 3.13. The number of hydrogen-bond acceptors (Lipinski definition) is 5. The van der Waals surface area contributed by atoms with E-state index in [0.29, 0.717) is 12.1 Å². The number of rotatable bonds is 7. The van der Waals surface area contributed by atoms with Crippen LogP contribution in [-0.2, 0) is 20.9 Å². The summed E-state index contributed by atoms with van der Waals surface area (Å²) in [4.78, 5) is 35.9. The Morgan fingerprint density at radius 1 is 1.16 bits per heavy atom. The molecule has 2 aromatic rings. The molecule has 2 N–H and O–H groups in total. The van der Waals surface area contributed by atoms with Crippen molar-refractivity contribution in [3.63, 3.8) is 0 Å². The van der Waals surface area contributed by atoms with Crippen molar-refractivity contribution in [3.05, 3.63) is 57.8 Å². The highest BCUT2D eigenvalue weighted by molar-refractivity contribution is 7.10. The van der Waals surface area contributed by atoms with Gasteiger partial charge in [0, 0.05) is 18.3 Å². The minimum atomic E-state index is -0.398. The van der Waals surface area contributed by atoms with E-state index in [2.05, 4.69) is 15.4 Å². The molecule has 1 atom stereocenters. The fourth-order valence-electron chi connectivity index (χ4n) is 2.29. The van der Waals surface area contributed by atoms with Gasteiger partial charge in [-0.2, -0.15) is 0 Å². The molecular weight excluding hydrogens is 340 g/mol. The van der Waals surface area contributed by atoms with Crippen molar-refractivity contribution in [3.8, 4) is 0 Å². The number of carbonyl (C=O) groups excluding carboxylic acids is 3. The molecule has 0 saturated heterocycles. The van der Waals surface area contributed by atoms with Gasteiger partial charge in [-0.25, -0.2) is 4.79 Å². The van der Waals surface area contributed by atoms with Crippen molar-refractivity contribution in [2.24, 2.45) is 0 Å². The molecule has 0 bridgehead atoms. The van der Waals surface area contributed by atoms with Gasteiger partial charge in [-0.05, 0) is 29.1 Å². The fraction of sp³-hybridized carbons (Fsp3) is 0.278. The van der Waals surface area contributed by atoms with Crippen LogP contribution < -0.4 is 10.6 Å². The number of esters is 1. The van der Waals surface area contributed by atoms with Gasteiger partial charge in [-0.3, -0.25) is 9.59 Å². The van der Waals surface area contributed by atoms with Crippen LogP contribution in [0.2, 0.25) is 0 Å². The molecule has 0 saturated carbocycles. The van der Waals surface area contributed by atoms with Gasteiger partial charge >= 0.3 is 5.97 Å². The smallest absolute Gasteiger partial charge is 0.337 e. The molecule has 2 rings (SSSR count). The zero-order valence-corrected chi connectivity index (χ0v) is 14.9. The van der Waals surface area contributed by atoms with Crippen LogP contribution in [0.1, 0.15) is 40.2 Å². The van der Waals surface area contributed by atoms with Crippen LogP contribution in [0.3, 0.4) is 0 Å². The number of thiophene rings is 1. The van der Waals surface area contributed by atoms with E-state index in [1.165, 1.54) is 25.4 Å². The molecule has 1 heterocycles. The highest BCUT2D eigenvalue weighted by Crippen LogP contribution is 2.22. The highest BCUT2D eigenvalue weighted by atomic mass is 32.1. The number of nitrogens with one attached hydrogen (secondary N) is 2. The van der Waals surface area contributed by atoms with Crippen LogP contribution in [0, 0.1) is 0 Å². The summed E-state index contributed by atoms with van der Waals surface area (Å²) in [5, 5.41) is 7.53. The Balaban J connectivity index is 1.90. The standard InChI is InChI=1S/C18H20N2O4S/c1-12(21)20-15(16-4-3-9-25-16)10-17(22)19-11-13-5-7-14(8-6-13)18(23)24-2/h3-9,15H,10-11H2,1-2H3,(H,19,22)(H,20,21). The lowest BCUT2D eigenvalue weighted by Gasteiger charge is -2.16. The van der Waals surface area contributed by atoms with Crippen LogP contribution in [-0.4, -0.2) is 24.9 Å². The third-order valence-electron chi connectivity index (χ3n) is 3.52. The summed E-state index contributed by atoms with van der Waals surface area (Å²) in [7, 11) is 1.33. The van der Waals surface area contributed by atoms with E-state index in [9.17, 15) is 14.4 Å². The van der Waals surface area contributed by atoms with Crippen molar-refractivity contribution in [1.82, 2.24) is 10.6 Å². The summed E-state index contributed by atoms with van der Waals surface area (Å²) >= 11 is 1.50. The average molecular weight is 360 g/mol. The van der Waals surface area contributed by atoms with Gasteiger partial charge in [-0.15, -0.1) is 11.3 Å². The van der Waals surface area contributed by atoms with E-state index in [1.807, 2.05) is 17.5 Å². The lowest BCUT2D eigenvalue weighted by Crippen LogP contribution is -2.32. The first-order chi connectivity index (χ1) is 12.0. The molecule has 6 nitrogen and oxygen atoms in total. The van der Waals surface area contributed by atoms with E-state index in [0.717, 1.165) is 10.4 Å². The molecular formula is C18H20N2O4S. The van der Waals surface area contributed by atoms with Gasteiger partial charge in [0.2, 0.25) is 11.8 Å². The fourth-order valence-corrected chi connectivity index (χ4v) is 3.07. The predicted octanol–water partition coefficient (Wildman–Crippen LogP) is 2.42. The Labute approximate surface area is 150 Å². The van der Waals surface area contributed by atoms with Crippen LogP contribution in [0.5, 0.6) is 0 Å². The van der Waals surface area contributed by atoms with Crippen molar-refractivity contribution in [2.45, 2.75) is 25.9 Å². The summed E-state index contributed by atoms with van der Waals surface area (Å²) in [6.07, 6.45) is 0.167. The van der Waals surface area contributed by atoms with Crippen molar-refractivity contribution in [2.75, 3.05) is 7.11 Å². The third-order valence-corrected chi connectivity index (χ3v) is 4.50. The molecule has 1 unspecified atom stereocenters. The summed E-state index contributed by atoms with van der Waals surface area (Å²) in [6.45, 7) is 1.78. The number of amides is 2. The Morgan fingerprint density at radius 3 is 2.44 bits per heavy atom. The third kappa shape index (κ3) is 5.72. The van der Waals surface area contributed by atoms with Crippen LogP contribution in [0.25, 0.3) is 0 Å². The molecule has 1 aromatic carbocycles. The maximum atomic E-state index is 12.2. The van der Waals surface area contributed by atoms with E-state index < -0.39 is 5.97 Å². The Bertz CT molecular complexity index is 726. The molecule has 0 aliphatic carbocycles. The van der Waals surface area contributed by atoms with Crippen LogP contribution in [0.4, 0.5) is 0 Å². The molecule has 7 heteroatoms. The molecule has 132 valence electrons. The minimum Gasteiger partial charge on any atom is -0.465 e. The van der Waals surface area contributed by atoms with E-state index >= 15 is 0 Å². The molecule has 25 heavy (non-hydrogen) atoms. The SMILES string of the molecule is COC(=O)c1ccc(CNC(=O)CC(NC(C)=O)c2cccs2)cc1. The number of hydrogen-bond donors (Lipinski definition) is 2. The van der Waals surface area contributed by atoms with Gasteiger partial charge in [0.25, 0.3) is 0 Å². The molecule has 0 spiro atoms. The Hall–Kier alpha value is -2.67.